The van der Waals surface area contributed by atoms with E-state index in [-0.39, 0.29) is 11.8 Å². The Bertz CT molecular complexity index is 288. The maximum Gasteiger partial charge on any atom is 0.258 e. The molecule has 0 aliphatic carbocycles. The van der Waals surface area contributed by atoms with Crippen LogP contribution in [0.4, 0.5) is 0 Å². The van der Waals surface area contributed by atoms with Crippen LogP contribution in [0.25, 0.3) is 0 Å². The molecule has 2 amide bonds. The molecule has 0 saturated carbocycles. The molecule has 1 aliphatic heterocycles. The third-order valence-corrected chi connectivity index (χ3v) is 1.81. The normalized spacial score (nSPS) is 23.4. The molecule has 1 saturated heterocycles. The van der Waals surface area contributed by atoms with Crippen LogP contribution >= 0.6 is 0 Å². The van der Waals surface area contributed by atoms with Gasteiger partial charge in [-0.3, -0.25) is 14.5 Å². The number of rotatable bonds is 3. The summed E-state index contributed by atoms with van der Waals surface area (Å²) >= 11 is 0. The van der Waals surface area contributed by atoms with E-state index in [4.69, 9.17) is 4.84 Å². The lowest BCUT2D eigenvalue weighted by atomic mass is 10.1. The van der Waals surface area contributed by atoms with Crippen molar-refractivity contribution in [2.75, 3.05) is 13.7 Å². The fourth-order valence-corrected chi connectivity index (χ4v) is 1.12. The highest BCUT2D eigenvalue weighted by Crippen LogP contribution is 2.11. The van der Waals surface area contributed by atoms with Crippen molar-refractivity contribution in [3.63, 3.8) is 0 Å². The Kier molecular flexibility index (Phi) is 3.06. The van der Waals surface area contributed by atoms with E-state index in [1.807, 2.05) is 0 Å². The highest BCUT2D eigenvalue weighted by atomic mass is 16.6. The Morgan fingerprint density at radius 2 is 2.36 bits per heavy atom. The molecule has 1 N–H and O–H groups in total. The van der Waals surface area contributed by atoms with Gasteiger partial charge in [0.25, 0.3) is 5.91 Å². The van der Waals surface area contributed by atoms with Crippen LogP contribution in [0.5, 0.6) is 0 Å². The zero-order chi connectivity index (χ0) is 10.7. The first-order valence-electron chi connectivity index (χ1n) is 4.32. The average Bonchev–Trinajstić information content (AvgIpc) is 2.15. The number of hydrogen-bond donors (Lipinski definition) is 1. The van der Waals surface area contributed by atoms with Crippen molar-refractivity contribution in [2.24, 2.45) is 5.16 Å². The van der Waals surface area contributed by atoms with Gasteiger partial charge in [-0.05, 0) is 6.92 Å². The molecule has 1 fully saturated rings. The molecule has 1 unspecified atom stereocenters. The number of carbonyl (C=O) groups is 2. The average molecular weight is 199 g/mol. The number of hydrogen-bond acceptors (Lipinski definition) is 4. The van der Waals surface area contributed by atoms with Crippen LogP contribution in [-0.4, -0.2) is 42.2 Å². The second-order valence-electron chi connectivity index (χ2n) is 2.90. The Balaban J connectivity index is 2.64. The molecule has 1 rings (SSSR count). The van der Waals surface area contributed by atoms with Crippen molar-refractivity contribution < 1.29 is 14.4 Å². The van der Waals surface area contributed by atoms with Crippen molar-refractivity contribution in [3.05, 3.63) is 0 Å². The largest absolute Gasteiger partial charge is 0.395 e. The molecular weight excluding hydrogens is 186 g/mol. The van der Waals surface area contributed by atoms with Crippen LogP contribution in [0.15, 0.2) is 5.16 Å². The van der Waals surface area contributed by atoms with Crippen molar-refractivity contribution in [2.45, 2.75) is 19.9 Å². The summed E-state index contributed by atoms with van der Waals surface area (Å²) in [4.78, 5) is 28.1. The molecular formula is C8H13N3O3. The van der Waals surface area contributed by atoms with Gasteiger partial charge in [-0.2, -0.15) is 0 Å². The van der Waals surface area contributed by atoms with Gasteiger partial charge in [0, 0.05) is 14.0 Å². The van der Waals surface area contributed by atoms with Crippen LogP contribution in [0, 0.1) is 0 Å². The number of amides is 2. The van der Waals surface area contributed by atoms with Crippen molar-refractivity contribution in [1.29, 1.82) is 0 Å². The summed E-state index contributed by atoms with van der Waals surface area (Å²) in [6, 6.07) is -0.649. The standard InChI is InChI=1S/C8H13N3O3/c1-4-14-10-7-6(9-5(2)12)8(13)11(7)3/h6H,4H2,1-3H3,(H,9,12). The lowest BCUT2D eigenvalue weighted by Crippen LogP contribution is -2.66. The first kappa shape index (κ1) is 10.5. The van der Waals surface area contributed by atoms with Crippen molar-refractivity contribution in [3.8, 4) is 0 Å². The molecule has 0 radical (unpaired) electrons. The molecule has 14 heavy (non-hydrogen) atoms. The molecule has 0 aromatic rings. The maximum absolute atomic E-state index is 11.2. The van der Waals surface area contributed by atoms with Gasteiger partial charge in [0.1, 0.15) is 6.61 Å². The van der Waals surface area contributed by atoms with Gasteiger partial charge in [0.2, 0.25) is 5.91 Å². The molecule has 1 aliphatic rings. The summed E-state index contributed by atoms with van der Waals surface area (Å²) in [5, 5.41) is 6.20. The summed E-state index contributed by atoms with van der Waals surface area (Å²) in [5.41, 5.74) is 0. The van der Waals surface area contributed by atoms with E-state index < -0.39 is 6.04 Å². The summed E-state index contributed by atoms with van der Waals surface area (Å²) in [6.45, 7) is 3.57. The summed E-state index contributed by atoms with van der Waals surface area (Å²) < 4.78 is 0. The molecule has 6 heteroatoms. The molecule has 0 spiro atoms. The molecule has 0 aromatic heterocycles. The number of β-lactam (4-membered cyclic amide) rings is 1. The number of likely N-dealkylation sites (N-methyl/N-ethyl adjacent to an activating group) is 1. The van der Waals surface area contributed by atoms with Gasteiger partial charge in [-0.15, -0.1) is 0 Å². The zero-order valence-electron chi connectivity index (χ0n) is 8.40. The monoisotopic (exact) mass is 199 g/mol. The van der Waals surface area contributed by atoms with Gasteiger partial charge >= 0.3 is 0 Å². The highest BCUT2D eigenvalue weighted by Gasteiger charge is 2.43. The quantitative estimate of drug-likeness (QED) is 0.483. The number of amidine groups is 1. The zero-order valence-corrected chi connectivity index (χ0v) is 8.40. The van der Waals surface area contributed by atoms with Crippen LogP contribution in [0.2, 0.25) is 0 Å². The molecule has 0 bridgehead atoms. The topological polar surface area (TPSA) is 71.0 Å². The Labute approximate surface area is 81.9 Å². The Morgan fingerprint density at radius 1 is 1.71 bits per heavy atom. The van der Waals surface area contributed by atoms with E-state index in [1.165, 1.54) is 11.8 Å². The van der Waals surface area contributed by atoms with Crippen molar-refractivity contribution in [1.82, 2.24) is 10.2 Å². The molecule has 6 nitrogen and oxygen atoms in total. The van der Waals surface area contributed by atoms with E-state index >= 15 is 0 Å². The van der Waals surface area contributed by atoms with Gasteiger partial charge in [-0.25, -0.2) is 0 Å². The second-order valence-corrected chi connectivity index (χ2v) is 2.90. The molecule has 1 heterocycles. The third kappa shape index (κ3) is 1.84. The first-order valence-corrected chi connectivity index (χ1v) is 4.32. The van der Waals surface area contributed by atoms with Gasteiger partial charge < -0.3 is 10.2 Å². The van der Waals surface area contributed by atoms with Crippen molar-refractivity contribution >= 4 is 17.6 Å². The van der Waals surface area contributed by atoms with Crippen LogP contribution in [0.3, 0.4) is 0 Å². The lowest BCUT2D eigenvalue weighted by molar-refractivity contribution is -0.134. The minimum absolute atomic E-state index is 0.182. The van der Waals surface area contributed by atoms with Gasteiger partial charge in [0.15, 0.2) is 11.9 Å². The number of carbonyl (C=O) groups excluding carboxylic acids is 2. The lowest BCUT2D eigenvalue weighted by Gasteiger charge is -2.35. The van der Waals surface area contributed by atoms with Gasteiger partial charge in [0.05, 0.1) is 0 Å². The van der Waals surface area contributed by atoms with E-state index in [1.54, 1.807) is 14.0 Å². The third-order valence-electron chi connectivity index (χ3n) is 1.81. The Hall–Kier alpha value is -1.59. The highest BCUT2D eigenvalue weighted by molar-refractivity contribution is 6.24. The summed E-state index contributed by atoms with van der Waals surface area (Å²) in [6.07, 6.45) is 0. The van der Waals surface area contributed by atoms with Crippen LogP contribution < -0.4 is 5.32 Å². The molecule has 1 atom stereocenters. The van der Waals surface area contributed by atoms with Crippen LogP contribution in [0.1, 0.15) is 13.8 Å². The minimum atomic E-state index is -0.649. The predicted octanol–water partition coefficient (Wildman–Crippen LogP) is -0.687. The number of likely N-dealkylation sites (tertiary alicyclic amines) is 1. The second kappa shape index (κ2) is 4.08. The number of oxime groups is 1. The van der Waals surface area contributed by atoms with E-state index in [2.05, 4.69) is 10.5 Å². The predicted molar refractivity (Wildman–Crippen MR) is 49.4 cm³/mol. The number of nitrogens with one attached hydrogen (secondary N) is 1. The maximum atomic E-state index is 11.2. The fraction of sp³-hybridized carbons (Fsp3) is 0.625. The molecule has 78 valence electrons. The van der Waals surface area contributed by atoms with Crippen LogP contribution in [-0.2, 0) is 14.4 Å². The Morgan fingerprint density at radius 3 is 2.86 bits per heavy atom. The van der Waals surface area contributed by atoms with E-state index in [9.17, 15) is 9.59 Å². The van der Waals surface area contributed by atoms with E-state index in [0.717, 1.165) is 0 Å². The SMILES string of the molecule is CCON=C1C(NC(C)=O)C(=O)N1C. The summed E-state index contributed by atoms with van der Waals surface area (Å²) in [5.74, 6) is -0.00801. The minimum Gasteiger partial charge on any atom is -0.395 e. The smallest absolute Gasteiger partial charge is 0.258 e. The molecule has 0 aromatic carbocycles. The van der Waals surface area contributed by atoms with E-state index in [0.29, 0.717) is 12.4 Å². The number of nitrogens with zero attached hydrogens (tertiary/aromatic N) is 2. The summed E-state index contributed by atoms with van der Waals surface area (Å²) in [7, 11) is 1.58. The first-order chi connectivity index (χ1) is 6.57. The van der Waals surface area contributed by atoms with Gasteiger partial charge in [-0.1, -0.05) is 5.16 Å². The fourth-order valence-electron chi connectivity index (χ4n) is 1.12.